The molecule has 0 bridgehead atoms. The first-order chi connectivity index (χ1) is 8.67. The lowest BCUT2D eigenvalue weighted by atomic mass is 10.2. The Bertz CT molecular complexity index is 363. The highest BCUT2D eigenvalue weighted by atomic mass is 16.5. The lowest BCUT2D eigenvalue weighted by Gasteiger charge is -2.15. The molecular formula is C14H22N2O2. The van der Waals surface area contributed by atoms with Gasteiger partial charge in [-0.15, -0.1) is 0 Å². The molecule has 0 saturated heterocycles. The monoisotopic (exact) mass is 250 g/mol. The number of ether oxygens (including phenoxy) is 1. The van der Waals surface area contributed by atoms with Gasteiger partial charge in [0.25, 0.3) is 0 Å². The summed E-state index contributed by atoms with van der Waals surface area (Å²) < 4.78 is 5.36. The van der Waals surface area contributed by atoms with Crippen molar-refractivity contribution in [3.05, 3.63) is 24.3 Å². The molecule has 0 aliphatic heterocycles. The quantitative estimate of drug-likeness (QED) is 0.781. The highest BCUT2D eigenvalue weighted by Crippen LogP contribution is 2.16. The fourth-order valence-corrected chi connectivity index (χ4v) is 1.53. The number of rotatable bonds is 7. The Morgan fingerprint density at radius 3 is 2.50 bits per heavy atom. The van der Waals surface area contributed by atoms with E-state index in [1.54, 1.807) is 0 Å². The topological polar surface area (TPSA) is 50.4 Å². The first kappa shape index (κ1) is 14.4. The molecule has 0 heterocycles. The van der Waals surface area contributed by atoms with Crippen molar-refractivity contribution in [2.45, 2.75) is 33.2 Å². The third-order valence-corrected chi connectivity index (χ3v) is 2.49. The van der Waals surface area contributed by atoms with Crippen molar-refractivity contribution in [3.63, 3.8) is 0 Å². The molecule has 0 aliphatic rings. The average Bonchev–Trinajstić information content (AvgIpc) is 2.38. The maximum atomic E-state index is 11.7. The zero-order valence-corrected chi connectivity index (χ0v) is 11.3. The van der Waals surface area contributed by atoms with Crippen molar-refractivity contribution in [2.75, 3.05) is 18.5 Å². The highest BCUT2D eigenvalue weighted by Gasteiger charge is 2.11. The van der Waals surface area contributed by atoms with E-state index < -0.39 is 0 Å². The van der Waals surface area contributed by atoms with Crippen LogP contribution in [0.2, 0.25) is 0 Å². The van der Waals surface area contributed by atoms with Gasteiger partial charge in [0.05, 0.1) is 6.61 Å². The van der Waals surface area contributed by atoms with Crippen LogP contribution >= 0.6 is 0 Å². The molecule has 0 aliphatic carbocycles. The van der Waals surface area contributed by atoms with E-state index in [-0.39, 0.29) is 11.9 Å². The largest absolute Gasteiger partial charge is 0.494 e. The van der Waals surface area contributed by atoms with Crippen LogP contribution in [0.3, 0.4) is 0 Å². The van der Waals surface area contributed by atoms with Crippen molar-refractivity contribution in [2.24, 2.45) is 0 Å². The molecule has 1 rings (SSSR count). The van der Waals surface area contributed by atoms with Crippen LogP contribution in [-0.4, -0.2) is 25.1 Å². The molecule has 4 heteroatoms. The van der Waals surface area contributed by atoms with Gasteiger partial charge in [-0.25, -0.2) is 0 Å². The van der Waals surface area contributed by atoms with Crippen LogP contribution in [-0.2, 0) is 4.79 Å². The van der Waals surface area contributed by atoms with Crippen molar-refractivity contribution >= 4 is 11.6 Å². The van der Waals surface area contributed by atoms with Gasteiger partial charge in [-0.1, -0.05) is 6.92 Å². The summed E-state index contributed by atoms with van der Waals surface area (Å²) in [6.45, 7) is 7.20. The number of benzene rings is 1. The number of amides is 1. The molecule has 18 heavy (non-hydrogen) atoms. The predicted molar refractivity (Wildman–Crippen MR) is 74.0 cm³/mol. The standard InChI is InChI=1S/C14H22N2O2/c1-4-10-15-14(17)11(3)16-12-6-8-13(9-7-12)18-5-2/h6-9,11,16H,4-5,10H2,1-3H3,(H,15,17)/t11-/m1/s1. The van der Waals surface area contributed by atoms with Gasteiger partial charge >= 0.3 is 0 Å². The third kappa shape index (κ3) is 4.65. The lowest BCUT2D eigenvalue weighted by Crippen LogP contribution is -2.37. The molecule has 0 radical (unpaired) electrons. The Balaban J connectivity index is 2.48. The van der Waals surface area contributed by atoms with Gasteiger partial charge in [-0.3, -0.25) is 4.79 Å². The molecular weight excluding hydrogens is 228 g/mol. The van der Waals surface area contributed by atoms with Crippen LogP contribution in [0.5, 0.6) is 5.75 Å². The Morgan fingerprint density at radius 2 is 1.94 bits per heavy atom. The summed E-state index contributed by atoms with van der Waals surface area (Å²) in [6.07, 6.45) is 0.946. The lowest BCUT2D eigenvalue weighted by molar-refractivity contribution is -0.121. The van der Waals surface area contributed by atoms with E-state index >= 15 is 0 Å². The van der Waals surface area contributed by atoms with Crippen molar-refractivity contribution < 1.29 is 9.53 Å². The molecule has 0 unspecified atom stereocenters. The van der Waals surface area contributed by atoms with E-state index in [4.69, 9.17) is 4.74 Å². The molecule has 100 valence electrons. The number of hydrogen-bond donors (Lipinski definition) is 2. The third-order valence-electron chi connectivity index (χ3n) is 2.49. The molecule has 1 aromatic rings. The zero-order valence-electron chi connectivity index (χ0n) is 11.3. The van der Waals surface area contributed by atoms with E-state index in [0.29, 0.717) is 13.2 Å². The summed E-state index contributed by atoms with van der Waals surface area (Å²) in [7, 11) is 0. The molecule has 1 aromatic carbocycles. The van der Waals surface area contributed by atoms with Crippen molar-refractivity contribution in [1.29, 1.82) is 0 Å². The van der Waals surface area contributed by atoms with Gasteiger partial charge in [-0.2, -0.15) is 0 Å². The van der Waals surface area contributed by atoms with E-state index in [1.807, 2.05) is 45.0 Å². The number of hydrogen-bond acceptors (Lipinski definition) is 3. The first-order valence-electron chi connectivity index (χ1n) is 6.44. The van der Waals surface area contributed by atoms with Gasteiger partial charge in [0.1, 0.15) is 11.8 Å². The summed E-state index contributed by atoms with van der Waals surface area (Å²) >= 11 is 0. The SMILES string of the molecule is CCCNC(=O)[C@@H](C)Nc1ccc(OCC)cc1. The Hall–Kier alpha value is -1.71. The second kappa shape index (κ2) is 7.58. The minimum atomic E-state index is -0.241. The maximum absolute atomic E-state index is 11.7. The minimum Gasteiger partial charge on any atom is -0.494 e. The van der Waals surface area contributed by atoms with Crippen LogP contribution in [0.1, 0.15) is 27.2 Å². The predicted octanol–water partition coefficient (Wildman–Crippen LogP) is 2.41. The van der Waals surface area contributed by atoms with Gasteiger partial charge in [0.15, 0.2) is 0 Å². The molecule has 2 N–H and O–H groups in total. The normalized spacial score (nSPS) is 11.7. The molecule has 0 spiro atoms. The smallest absolute Gasteiger partial charge is 0.242 e. The summed E-state index contributed by atoms with van der Waals surface area (Å²) in [5, 5.41) is 6.01. The van der Waals surface area contributed by atoms with Crippen LogP contribution in [0.4, 0.5) is 5.69 Å². The molecule has 0 aromatic heterocycles. The summed E-state index contributed by atoms with van der Waals surface area (Å²) in [5.41, 5.74) is 0.914. The Kier molecular flexibility index (Phi) is 6.05. The van der Waals surface area contributed by atoms with Crippen LogP contribution in [0, 0.1) is 0 Å². The van der Waals surface area contributed by atoms with Crippen LogP contribution in [0.15, 0.2) is 24.3 Å². The van der Waals surface area contributed by atoms with Gasteiger partial charge in [0, 0.05) is 12.2 Å². The summed E-state index contributed by atoms with van der Waals surface area (Å²) in [6, 6.07) is 7.36. The van der Waals surface area contributed by atoms with Crippen LogP contribution < -0.4 is 15.4 Å². The number of anilines is 1. The highest BCUT2D eigenvalue weighted by molar-refractivity contribution is 5.84. The second-order valence-corrected chi connectivity index (χ2v) is 4.11. The van der Waals surface area contributed by atoms with E-state index in [9.17, 15) is 4.79 Å². The summed E-state index contributed by atoms with van der Waals surface area (Å²) in [4.78, 5) is 11.7. The molecule has 1 amide bonds. The molecule has 1 atom stereocenters. The van der Waals surface area contributed by atoms with Gasteiger partial charge in [-0.05, 0) is 44.5 Å². The van der Waals surface area contributed by atoms with E-state index in [2.05, 4.69) is 10.6 Å². The Morgan fingerprint density at radius 1 is 1.28 bits per heavy atom. The first-order valence-corrected chi connectivity index (χ1v) is 6.44. The second-order valence-electron chi connectivity index (χ2n) is 4.11. The van der Waals surface area contributed by atoms with Crippen molar-refractivity contribution in [3.8, 4) is 5.75 Å². The number of nitrogens with one attached hydrogen (secondary N) is 2. The Labute approximate surface area is 109 Å². The van der Waals surface area contributed by atoms with Gasteiger partial charge < -0.3 is 15.4 Å². The van der Waals surface area contributed by atoms with Crippen molar-refractivity contribution in [1.82, 2.24) is 5.32 Å². The minimum absolute atomic E-state index is 0.0192. The fourth-order valence-electron chi connectivity index (χ4n) is 1.53. The van der Waals surface area contributed by atoms with Crippen LogP contribution in [0.25, 0.3) is 0 Å². The average molecular weight is 250 g/mol. The zero-order chi connectivity index (χ0) is 13.4. The maximum Gasteiger partial charge on any atom is 0.242 e. The fraction of sp³-hybridized carbons (Fsp3) is 0.500. The molecule has 0 fully saturated rings. The molecule has 4 nitrogen and oxygen atoms in total. The molecule has 0 saturated carbocycles. The van der Waals surface area contributed by atoms with E-state index in [0.717, 1.165) is 17.9 Å². The summed E-state index contributed by atoms with van der Waals surface area (Å²) in [5.74, 6) is 0.858. The van der Waals surface area contributed by atoms with E-state index in [1.165, 1.54) is 0 Å². The number of carbonyl (C=O) groups is 1. The number of carbonyl (C=O) groups excluding carboxylic acids is 1. The van der Waals surface area contributed by atoms with Gasteiger partial charge in [0.2, 0.25) is 5.91 Å².